The molecule has 0 aliphatic carbocycles. The van der Waals surface area contributed by atoms with Gasteiger partial charge in [-0.05, 0) is 28.9 Å². The van der Waals surface area contributed by atoms with Crippen molar-refractivity contribution in [2.75, 3.05) is 5.32 Å². The Balaban J connectivity index is 1.99. The first-order valence-corrected chi connectivity index (χ1v) is 6.17. The maximum Gasteiger partial charge on any atom is 0.129 e. The lowest BCUT2D eigenvalue weighted by Gasteiger charge is -2.03. The second-order valence-electron chi connectivity index (χ2n) is 3.13. The van der Waals surface area contributed by atoms with Crippen LogP contribution >= 0.6 is 27.3 Å². The molecule has 0 unspecified atom stereocenters. The number of hydrogen-bond acceptors (Lipinski definition) is 4. The van der Waals surface area contributed by atoms with E-state index in [2.05, 4.69) is 42.7 Å². The first kappa shape index (κ1) is 10.6. The van der Waals surface area contributed by atoms with E-state index in [1.807, 2.05) is 13.0 Å². The molecule has 0 radical (unpaired) electrons. The summed E-state index contributed by atoms with van der Waals surface area (Å²) in [4.78, 5) is 9.45. The summed E-state index contributed by atoms with van der Waals surface area (Å²) in [6.45, 7) is 2.75. The molecule has 3 nitrogen and oxygen atoms in total. The standard InChI is InChI=1S/C10H10BrN3S/c1-7-2-10(14-6-13-7)12-4-9-3-8(11)5-15-9/h2-3,5-6H,4H2,1H3,(H,12,13,14). The average molecular weight is 284 g/mol. The molecule has 2 rings (SSSR count). The molecule has 0 aliphatic heterocycles. The summed E-state index contributed by atoms with van der Waals surface area (Å²) in [6.07, 6.45) is 1.57. The van der Waals surface area contributed by atoms with Crippen LogP contribution in [0.4, 0.5) is 5.82 Å². The van der Waals surface area contributed by atoms with Crippen LogP contribution in [0, 0.1) is 6.92 Å². The van der Waals surface area contributed by atoms with Crippen molar-refractivity contribution in [2.24, 2.45) is 0 Å². The number of hydrogen-bond donors (Lipinski definition) is 1. The van der Waals surface area contributed by atoms with Crippen LogP contribution in [0.2, 0.25) is 0 Å². The van der Waals surface area contributed by atoms with Crippen LogP contribution in [0.3, 0.4) is 0 Å². The molecule has 1 N–H and O–H groups in total. The van der Waals surface area contributed by atoms with Gasteiger partial charge in [-0.2, -0.15) is 0 Å². The monoisotopic (exact) mass is 283 g/mol. The molecule has 0 fully saturated rings. The third kappa shape index (κ3) is 3.00. The number of aryl methyl sites for hydroxylation is 1. The van der Waals surface area contributed by atoms with E-state index in [9.17, 15) is 0 Å². The molecule has 15 heavy (non-hydrogen) atoms. The highest BCUT2D eigenvalue weighted by Gasteiger charge is 1.98. The third-order valence-corrected chi connectivity index (χ3v) is 3.57. The van der Waals surface area contributed by atoms with Gasteiger partial charge in [-0.1, -0.05) is 0 Å². The Kier molecular flexibility index (Phi) is 3.33. The molecule has 0 bridgehead atoms. The van der Waals surface area contributed by atoms with Gasteiger partial charge in [0, 0.05) is 26.5 Å². The van der Waals surface area contributed by atoms with Crippen molar-refractivity contribution >= 4 is 33.1 Å². The summed E-state index contributed by atoms with van der Waals surface area (Å²) in [5, 5.41) is 5.33. The Hall–Kier alpha value is -0.940. The summed E-state index contributed by atoms with van der Waals surface area (Å²) in [7, 11) is 0. The third-order valence-electron chi connectivity index (χ3n) is 1.87. The molecular weight excluding hydrogens is 274 g/mol. The van der Waals surface area contributed by atoms with Crippen molar-refractivity contribution in [3.8, 4) is 0 Å². The minimum absolute atomic E-state index is 0.798. The molecule has 0 aromatic carbocycles. The number of halogens is 1. The molecule has 0 saturated heterocycles. The van der Waals surface area contributed by atoms with Crippen LogP contribution in [0.25, 0.3) is 0 Å². The van der Waals surface area contributed by atoms with Gasteiger partial charge in [0.25, 0.3) is 0 Å². The minimum atomic E-state index is 0.798. The van der Waals surface area contributed by atoms with E-state index >= 15 is 0 Å². The smallest absolute Gasteiger partial charge is 0.129 e. The highest BCUT2D eigenvalue weighted by molar-refractivity contribution is 9.10. The van der Waals surface area contributed by atoms with Gasteiger partial charge in [0.05, 0.1) is 6.54 Å². The van der Waals surface area contributed by atoms with E-state index in [-0.39, 0.29) is 0 Å². The lowest BCUT2D eigenvalue weighted by atomic mass is 10.4. The zero-order valence-corrected chi connectivity index (χ0v) is 10.6. The lowest BCUT2D eigenvalue weighted by Crippen LogP contribution is -2.00. The molecule has 0 aliphatic rings. The average Bonchev–Trinajstić information content (AvgIpc) is 2.62. The maximum absolute atomic E-state index is 4.13. The summed E-state index contributed by atoms with van der Waals surface area (Å²) in [5.74, 6) is 0.868. The van der Waals surface area contributed by atoms with Gasteiger partial charge >= 0.3 is 0 Å². The fourth-order valence-electron chi connectivity index (χ4n) is 1.18. The van der Waals surface area contributed by atoms with Gasteiger partial charge in [-0.3, -0.25) is 0 Å². The van der Waals surface area contributed by atoms with Crippen molar-refractivity contribution in [1.82, 2.24) is 9.97 Å². The van der Waals surface area contributed by atoms with Crippen molar-refractivity contribution in [3.05, 3.63) is 38.9 Å². The SMILES string of the molecule is Cc1cc(NCc2cc(Br)cs2)ncn1. The molecule has 0 saturated carbocycles. The van der Waals surface area contributed by atoms with Crippen molar-refractivity contribution in [2.45, 2.75) is 13.5 Å². The zero-order chi connectivity index (χ0) is 10.7. The fraction of sp³-hybridized carbons (Fsp3) is 0.200. The molecule has 5 heteroatoms. The van der Waals surface area contributed by atoms with Crippen LogP contribution in [0.5, 0.6) is 0 Å². The number of nitrogens with zero attached hydrogens (tertiary/aromatic N) is 2. The molecule has 78 valence electrons. The van der Waals surface area contributed by atoms with Crippen molar-refractivity contribution < 1.29 is 0 Å². The number of aromatic nitrogens is 2. The molecule has 2 heterocycles. The molecule has 0 atom stereocenters. The molecule has 0 spiro atoms. The maximum atomic E-state index is 4.13. The van der Waals surface area contributed by atoms with E-state index in [1.165, 1.54) is 4.88 Å². The number of nitrogens with one attached hydrogen (secondary N) is 1. The van der Waals surface area contributed by atoms with Crippen LogP contribution < -0.4 is 5.32 Å². The van der Waals surface area contributed by atoms with Crippen LogP contribution in [-0.2, 0) is 6.54 Å². The normalized spacial score (nSPS) is 10.3. The summed E-state index contributed by atoms with van der Waals surface area (Å²) in [5.41, 5.74) is 0.972. The van der Waals surface area contributed by atoms with Crippen molar-refractivity contribution in [1.29, 1.82) is 0 Å². The van der Waals surface area contributed by atoms with E-state index < -0.39 is 0 Å². The van der Waals surface area contributed by atoms with Crippen molar-refractivity contribution in [3.63, 3.8) is 0 Å². The second kappa shape index (κ2) is 4.72. The first-order chi connectivity index (χ1) is 7.24. The quantitative estimate of drug-likeness (QED) is 0.940. The second-order valence-corrected chi connectivity index (χ2v) is 5.04. The van der Waals surface area contributed by atoms with Gasteiger partial charge in [0.2, 0.25) is 0 Å². The lowest BCUT2D eigenvalue weighted by molar-refractivity contribution is 1.06. The fourth-order valence-corrected chi connectivity index (χ4v) is 2.57. The van der Waals surface area contributed by atoms with E-state index in [1.54, 1.807) is 17.7 Å². The Bertz CT molecular complexity index is 455. The highest BCUT2D eigenvalue weighted by atomic mass is 79.9. The van der Waals surface area contributed by atoms with Crippen LogP contribution in [-0.4, -0.2) is 9.97 Å². The molecule has 2 aromatic rings. The molecule has 2 aromatic heterocycles. The number of thiophene rings is 1. The van der Waals surface area contributed by atoms with Gasteiger partial charge in [0.1, 0.15) is 12.1 Å². The molecule has 0 amide bonds. The van der Waals surface area contributed by atoms with Gasteiger partial charge in [0.15, 0.2) is 0 Å². The summed E-state index contributed by atoms with van der Waals surface area (Å²) >= 11 is 5.15. The largest absolute Gasteiger partial charge is 0.365 e. The van der Waals surface area contributed by atoms with Gasteiger partial charge < -0.3 is 5.32 Å². The summed E-state index contributed by atoms with van der Waals surface area (Å²) in [6, 6.07) is 4.04. The zero-order valence-electron chi connectivity index (χ0n) is 8.20. The number of anilines is 1. The number of rotatable bonds is 3. The Morgan fingerprint density at radius 3 is 2.93 bits per heavy atom. The van der Waals surface area contributed by atoms with Gasteiger partial charge in [-0.25, -0.2) is 9.97 Å². The Morgan fingerprint density at radius 2 is 2.27 bits per heavy atom. The predicted octanol–water partition coefficient (Wildman–Crippen LogP) is 3.22. The van der Waals surface area contributed by atoms with Gasteiger partial charge in [-0.15, -0.1) is 11.3 Å². The Labute approximate surface area is 101 Å². The van der Waals surface area contributed by atoms with E-state index in [0.717, 1.165) is 22.5 Å². The van der Waals surface area contributed by atoms with Crippen LogP contribution in [0.1, 0.15) is 10.6 Å². The van der Waals surface area contributed by atoms with E-state index in [0.29, 0.717) is 0 Å². The Morgan fingerprint density at radius 1 is 1.40 bits per heavy atom. The topological polar surface area (TPSA) is 37.8 Å². The predicted molar refractivity (Wildman–Crippen MR) is 66.1 cm³/mol. The van der Waals surface area contributed by atoms with Crippen LogP contribution in [0.15, 0.2) is 28.3 Å². The highest BCUT2D eigenvalue weighted by Crippen LogP contribution is 2.20. The summed E-state index contributed by atoms with van der Waals surface area (Å²) < 4.78 is 1.13. The first-order valence-electron chi connectivity index (χ1n) is 4.49. The van der Waals surface area contributed by atoms with E-state index in [4.69, 9.17) is 0 Å². The molecular formula is C10H10BrN3S. The minimum Gasteiger partial charge on any atom is -0.365 e.